The summed E-state index contributed by atoms with van der Waals surface area (Å²) < 4.78 is 39.7. The van der Waals surface area contributed by atoms with Crippen molar-refractivity contribution in [3.8, 4) is 11.5 Å². The zero-order chi connectivity index (χ0) is 19.2. The van der Waals surface area contributed by atoms with Crippen molar-refractivity contribution in [3.63, 3.8) is 0 Å². The molecule has 0 radical (unpaired) electrons. The second-order valence-electron chi connectivity index (χ2n) is 6.53. The summed E-state index contributed by atoms with van der Waals surface area (Å²) in [6, 6.07) is 5.27. The summed E-state index contributed by atoms with van der Waals surface area (Å²) in [7, 11) is -3.75. The summed E-state index contributed by atoms with van der Waals surface area (Å²) in [5, 5.41) is 4.33. The second-order valence-corrected chi connectivity index (χ2v) is 9.29. The molecule has 9 heteroatoms. The van der Waals surface area contributed by atoms with Gasteiger partial charge in [0.15, 0.2) is 5.82 Å². The summed E-state index contributed by atoms with van der Waals surface area (Å²) in [5.41, 5.74) is 3.38. The Labute approximate surface area is 161 Å². The van der Waals surface area contributed by atoms with Crippen LogP contribution in [0.5, 0.6) is 0 Å². The van der Waals surface area contributed by atoms with Crippen molar-refractivity contribution < 1.29 is 17.7 Å². The van der Waals surface area contributed by atoms with Gasteiger partial charge in [-0.15, -0.1) is 11.3 Å². The highest BCUT2D eigenvalue weighted by atomic mass is 32.2. The molecule has 0 unspecified atom stereocenters. The van der Waals surface area contributed by atoms with Gasteiger partial charge in [0.05, 0.1) is 23.7 Å². The van der Waals surface area contributed by atoms with Gasteiger partial charge in [0.1, 0.15) is 5.00 Å². The molecule has 0 atom stereocenters. The van der Waals surface area contributed by atoms with Crippen LogP contribution in [0.25, 0.3) is 11.5 Å². The number of aryl methyl sites for hydroxylation is 3. The molecular formula is C18H19N3O4S2. The van der Waals surface area contributed by atoms with Gasteiger partial charge >= 0.3 is 0 Å². The molecule has 3 heterocycles. The Kier molecular flexibility index (Phi) is 4.53. The van der Waals surface area contributed by atoms with Crippen molar-refractivity contribution in [1.29, 1.82) is 0 Å². The number of ether oxygens (including phenoxy) is 1. The summed E-state index contributed by atoms with van der Waals surface area (Å²) in [4.78, 5) is 5.54. The molecule has 27 heavy (non-hydrogen) atoms. The number of anilines is 1. The molecule has 0 amide bonds. The number of hydrogen-bond donors (Lipinski definition) is 1. The van der Waals surface area contributed by atoms with E-state index in [0.717, 1.165) is 16.0 Å². The number of hydrogen-bond acceptors (Lipinski definition) is 7. The number of thiophene rings is 1. The minimum absolute atomic E-state index is 0.253. The van der Waals surface area contributed by atoms with Crippen LogP contribution >= 0.6 is 11.3 Å². The predicted molar refractivity (Wildman–Crippen MR) is 102 cm³/mol. The highest BCUT2D eigenvalue weighted by molar-refractivity contribution is 7.93. The van der Waals surface area contributed by atoms with E-state index in [1.165, 1.54) is 11.3 Å². The van der Waals surface area contributed by atoms with Gasteiger partial charge in [-0.1, -0.05) is 22.9 Å². The first-order valence-electron chi connectivity index (χ1n) is 8.48. The summed E-state index contributed by atoms with van der Waals surface area (Å²) in [6.07, 6.45) is 0.674. The molecule has 2 aromatic heterocycles. The van der Waals surface area contributed by atoms with Crippen LogP contribution in [-0.4, -0.2) is 25.2 Å². The molecule has 1 aromatic carbocycles. The fourth-order valence-electron chi connectivity index (χ4n) is 3.21. The Hall–Kier alpha value is -2.23. The lowest BCUT2D eigenvalue weighted by molar-refractivity contribution is 0.113. The van der Waals surface area contributed by atoms with Gasteiger partial charge in [-0.05, 0) is 44.4 Å². The zero-order valence-electron chi connectivity index (χ0n) is 15.2. The normalized spacial score (nSPS) is 14.2. The molecular weight excluding hydrogens is 386 g/mol. The summed E-state index contributed by atoms with van der Waals surface area (Å²) in [5.74, 6) is 0.824. The van der Waals surface area contributed by atoms with E-state index in [2.05, 4.69) is 14.9 Å². The van der Waals surface area contributed by atoms with Gasteiger partial charge in [0, 0.05) is 4.88 Å². The molecule has 7 nitrogen and oxygen atoms in total. The first-order chi connectivity index (χ1) is 12.8. The summed E-state index contributed by atoms with van der Waals surface area (Å²) >= 11 is 1.35. The Morgan fingerprint density at radius 3 is 2.74 bits per heavy atom. The van der Waals surface area contributed by atoms with Crippen molar-refractivity contribution in [3.05, 3.63) is 45.6 Å². The smallest absolute Gasteiger partial charge is 0.262 e. The minimum Gasteiger partial charge on any atom is -0.376 e. The molecule has 0 saturated heterocycles. The predicted octanol–water partition coefficient (Wildman–Crippen LogP) is 3.60. The number of nitrogens with one attached hydrogen (secondary N) is 1. The van der Waals surface area contributed by atoms with Crippen LogP contribution < -0.4 is 4.72 Å². The van der Waals surface area contributed by atoms with Gasteiger partial charge in [0.25, 0.3) is 15.9 Å². The first-order valence-corrected chi connectivity index (χ1v) is 10.8. The maximum absolute atomic E-state index is 13.0. The third-order valence-electron chi connectivity index (χ3n) is 4.41. The van der Waals surface area contributed by atoms with Crippen molar-refractivity contribution in [2.75, 3.05) is 11.3 Å². The van der Waals surface area contributed by atoms with E-state index >= 15 is 0 Å². The zero-order valence-corrected chi connectivity index (χ0v) is 16.8. The van der Waals surface area contributed by atoms with Gasteiger partial charge in [-0.25, -0.2) is 8.42 Å². The van der Waals surface area contributed by atoms with Gasteiger partial charge in [-0.3, -0.25) is 4.72 Å². The van der Waals surface area contributed by atoms with Crippen molar-refractivity contribution >= 4 is 26.4 Å². The standard InChI is InChI=1S/C18H19N3O4S2/c1-10-4-5-15(11(2)8-10)27(22,23)21-18-16(17-19-12(3)20-25-17)13-6-7-24-9-14(13)26-18/h4-5,8,21H,6-7,9H2,1-3H3. The molecule has 0 aliphatic carbocycles. The molecule has 3 aromatic rings. The monoisotopic (exact) mass is 405 g/mol. The summed E-state index contributed by atoms with van der Waals surface area (Å²) in [6.45, 7) is 6.48. The SMILES string of the molecule is Cc1ccc(S(=O)(=O)Nc2sc3c(c2-c2nc(C)no2)CCOC3)c(C)c1. The highest BCUT2D eigenvalue weighted by Crippen LogP contribution is 2.43. The molecule has 1 aliphatic rings. The van der Waals surface area contributed by atoms with Crippen LogP contribution in [0.1, 0.15) is 27.4 Å². The maximum Gasteiger partial charge on any atom is 0.262 e. The lowest BCUT2D eigenvalue weighted by atomic mass is 10.1. The van der Waals surface area contributed by atoms with Crippen LogP contribution in [0, 0.1) is 20.8 Å². The average Bonchev–Trinajstić information content (AvgIpc) is 3.16. The van der Waals surface area contributed by atoms with Crippen molar-refractivity contribution in [1.82, 2.24) is 10.1 Å². The third-order valence-corrected chi connectivity index (χ3v) is 7.17. The number of sulfonamides is 1. The van der Waals surface area contributed by atoms with E-state index in [1.807, 2.05) is 13.0 Å². The largest absolute Gasteiger partial charge is 0.376 e. The molecule has 0 saturated carbocycles. The fraction of sp³-hybridized carbons (Fsp3) is 0.333. The molecule has 0 spiro atoms. The van der Waals surface area contributed by atoms with E-state index in [0.29, 0.717) is 47.5 Å². The number of benzene rings is 1. The van der Waals surface area contributed by atoms with E-state index in [9.17, 15) is 8.42 Å². The molecule has 142 valence electrons. The van der Waals surface area contributed by atoms with Crippen LogP contribution in [0.15, 0.2) is 27.6 Å². The first kappa shape index (κ1) is 18.1. The molecule has 0 fully saturated rings. The Morgan fingerprint density at radius 2 is 2.04 bits per heavy atom. The molecule has 4 rings (SSSR count). The maximum atomic E-state index is 13.0. The number of fused-ring (bicyclic) bond motifs is 1. The van der Waals surface area contributed by atoms with Gasteiger partial charge < -0.3 is 9.26 Å². The van der Waals surface area contributed by atoms with Gasteiger partial charge in [0.2, 0.25) is 0 Å². The third kappa shape index (κ3) is 3.38. The van der Waals surface area contributed by atoms with E-state index in [4.69, 9.17) is 9.26 Å². The molecule has 1 aliphatic heterocycles. The Morgan fingerprint density at radius 1 is 1.22 bits per heavy atom. The topological polar surface area (TPSA) is 94.3 Å². The van der Waals surface area contributed by atoms with Crippen LogP contribution in [0.3, 0.4) is 0 Å². The highest BCUT2D eigenvalue weighted by Gasteiger charge is 2.29. The minimum atomic E-state index is -3.75. The van der Waals surface area contributed by atoms with Crippen LogP contribution in [0.2, 0.25) is 0 Å². The number of aromatic nitrogens is 2. The molecule has 1 N–H and O–H groups in total. The van der Waals surface area contributed by atoms with E-state index in [1.54, 1.807) is 26.0 Å². The van der Waals surface area contributed by atoms with Crippen molar-refractivity contribution in [2.45, 2.75) is 38.7 Å². The number of rotatable bonds is 4. The Bertz CT molecular complexity index is 1120. The lowest BCUT2D eigenvalue weighted by Crippen LogP contribution is -2.14. The van der Waals surface area contributed by atoms with E-state index < -0.39 is 10.0 Å². The Balaban J connectivity index is 1.81. The van der Waals surface area contributed by atoms with E-state index in [-0.39, 0.29) is 4.90 Å². The quantitative estimate of drug-likeness (QED) is 0.713. The second kappa shape index (κ2) is 6.74. The average molecular weight is 406 g/mol. The van der Waals surface area contributed by atoms with Crippen LogP contribution in [0.4, 0.5) is 5.00 Å². The van der Waals surface area contributed by atoms with Crippen molar-refractivity contribution in [2.24, 2.45) is 0 Å². The van der Waals surface area contributed by atoms with Crippen LogP contribution in [-0.2, 0) is 27.8 Å². The fourth-order valence-corrected chi connectivity index (χ4v) is 5.92. The number of nitrogens with zero attached hydrogens (tertiary/aromatic N) is 2. The lowest BCUT2D eigenvalue weighted by Gasteiger charge is -2.12. The molecule has 0 bridgehead atoms. The van der Waals surface area contributed by atoms with Gasteiger partial charge in [-0.2, -0.15) is 4.98 Å².